The number of ether oxygens (including phenoxy) is 2. The van der Waals surface area contributed by atoms with Gasteiger partial charge in [0.2, 0.25) is 11.8 Å². The molecule has 25 heavy (non-hydrogen) atoms. The molecule has 136 valence electrons. The second kappa shape index (κ2) is 8.55. The lowest BCUT2D eigenvalue weighted by Gasteiger charge is -2.25. The third kappa shape index (κ3) is 4.87. The molecule has 2 aliphatic heterocycles. The van der Waals surface area contributed by atoms with E-state index in [0.717, 1.165) is 12.8 Å². The Hall–Kier alpha value is -1.77. The van der Waals surface area contributed by atoms with Crippen LogP contribution in [-0.2, 0) is 9.47 Å². The SMILES string of the molecule is N=C1OCCCNc2nc(ncc2Cl)N/C1=C(\Cl)NC1CCOCC1. The number of nitrogens with zero attached hydrogens (tertiary/aromatic N) is 2. The summed E-state index contributed by atoms with van der Waals surface area (Å²) in [5, 5.41) is 18.2. The summed E-state index contributed by atoms with van der Waals surface area (Å²) in [7, 11) is 0. The largest absolute Gasteiger partial charge is 0.476 e. The molecule has 1 aromatic rings. The van der Waals surface area contributed by atoms with Crippen LogP contribution < -0.4 is 16.0 Å². The van der Waals surface area contributed by atoms with Crippen LogP contribution >= 0.6 is 23.2 Å². The summed E-state index contributed by atoms with van der Waals surface area (Å²) in [5.41, 5.74) is 0.295. The molecule has 10 heteroatoms. The lowest BCUT2D eigenvalue weighted by atomic mass is 10.1. The summed E-state index contributed by atoms with van der Waals surface area (Å²) < 4.78 is 10.8. The van der Waals surface area contributed by atoms with Gasteiger partial charge in [0.1, 0.15) is 15.9 Å². The Labute approximate surface area is 155 Å². The standard InChI is InChI=1S/C15H20Cl2N6O2/c16-10-8-20-15-22-11(12(17)21-9-2-6-24-7-3-9)13(18)25-5-1-4-19-14(10)23-15/h8-9,18,21H,1-7H2,(H2,19,20,22,23)/b12-11+,18-13?. The van der Waals surface area contributed by atoms with Crippen LogP contribution in [-0.4, -0.2) is 48.3 Å². The second-order valence-corrected chi connectivity index (χ2v) is 6.48. The molecule has 0 aliphatic carbocycles. The van der Waals surface area contributed by atoms with Gasteiger partial charge in [-0.1, -0.05) is 23.2 Å². The zero-order chi connectivity index (χ0) is 17.6. The lowest BCUT2D eigenvalue weighted by Crippen LogP contribution is -2.35. The van der Waals surface area contributed by atoms with E-state index in [0.29, 0.717) is 54.5 Å². The molecule has 4 N–H and O–H groups in total. The van der Waals surface area contributed by atoms with Gasteiger partial charge in [-0.25, -0.2) is 4.98 Å². The predicted molar refractivity (Wildman–Crippen MR) is 97.3 cm³/mol. The Morgan fingerprint density at radius 1 is 1.32 bits per heavy atom. The van der Waals surface area contributed by atoms with E-state index < -0.39 is 0 Å². The molecule has 0 atom stereocenters. The van der Waals surface area contributed by atoms with Gasteiger partial charge in [-0.15, -0.1) is 0 Å². The van der Waals surface area contributed by atoms with Gasteiger partial charge >= 0.3 is 0 Å². The Balaban J connectivity index is 1.85. The van der Waals surface area contributed by atoms with Gasteiger partial charge in [-0.05, 0) is 19.3 Å². The fraction of sp³-hybridized carbons (Fsp3) is 0.533. The number of nitrogens with one attached hydrogen (secondary N) is 4. The van der Waals surface area contributed by atoms with E-state index in [9.17, 15) is 0 Å². The third-order valence-corrected chi connectivity index (χ3v) is 4.41. The van der Waals surface area contributed by atoms with Crippen LogP contribution in [0.4, 0.5) is 11.8 Å². The predicted octanol–water partition coefficient (Wildman–Crippen LogP) is 2.53. The molecule has 8 nitrogen and oxygen atoms in total. The Kier molecular flexibility index (Phi) is 6.17. The minimum Gasteiger partial charge on any atom is -0.476 e. The fourth-order valence-electron chi connectivity index (χ4n) is 2.49. The fourth-order valence-corrected chi connectivity index (χ4v) is 2.94. The van der Waals surface area contributed by atoms with Gasteiger partial charge in [0.25, 0.3) is 0 Å². The van der Waals surface area contributed by atoms with Crippen molar-refractivity contribution in [1.29, 1.82) is 5.41 Å². The second-order valence-electron chi connectivity index (χ2n) is 5.69. The maximum Gasteiger partial charge on any atom is 0.233 e. The molecule has 0 amide bonds. The maximum absolute atomic E-state index is 8.19. The number of rotatable bonds is 2. The average molecular weight is 387 g/mol. The van der Waals surface area contributed by atoms with E-state index in [-0.39, 0.29) is 17.9 Å². The smallest absolute Gasteiger partial charge is 0.233 e. The minimum atomic E-state index is -0.0634. The van der Waals surface area contributed by atoms with Crippen LogP contribution in [0.25, 0.3) is 0 Å². The van der Waals surface area contributed by atoms with Crippen LogP contribution in [0.15, 0.2) is 17.1 Å². The molecule has 3 heterocycles. The summed E-state index contributed by atoms with van der Waals surface area (Å²) in [6.45, 7) is 2.37. The number of hydrogen-bond donors (Lipinski definition) is 4. The van der Waals surface area contributed by atoms with Crippen molar-refractivity contribution in [3.05, 3.63) is 22.1 Å². The van der Waals surface area contributed by atoms with Crippen molar-refractivity contribution >= 4 is 40.9 Å². The summed E-state index contributed by atoms with van der Waals surface area (Å²) in [4.78, 5) is 8.47. The third-order valence-electron chi connectivity index (χ3n) is 3.84. The molecular weight excluding hydrogens is 367 g/mol. The van der Waals surface area contributed by atoms with E-state index in [2.05, 4.69) is 25.9 Å². The number of anilines is 2. The Morgan fingerprint density at radius 3 is 2.92 bits per heavy atom. The highest BCUT2D eigenvalue weighted by Crippen LogP contribution is 2.22. The van der Waals surface area contributed by atoms with Crippen molar-refractivity contribution < 1.29 is 9.47 Å². The van der Waals surface area contributed by atoms with Crippen molar-refractivity contribution in [2.75, 3.05) is 37.0 Å². The highest BCUT2D eigenvalue weighted by molar-refractivity contribution is 6.33. The molecule has 0 spiro atoms. The molecule has 0 aromatic carbocycles. The summed E-state index contributed by atoms with van der Waals surface area (Å²) >= 11 is 12.5. The van der Waals surface area contributed by atoms with E-state index in [1.54, 1.807) is 0 Å². The molecule has 1 aromatic heterocycles. The number of fused-ring (bicyclic) bond motifs is 2. The molecule has 1 saturated heterocycles. The Bertz CT molecular complexity index is 663. The monoisotopic (exact) mass is 386 g/mol. The van der Waals surface area contributed by atoms with Crippen molar-refractivity contribution in [3.8, 4) is 0 Å². The number of halogens is 2. The highest BCUT2D eigenvalue weighted by atomic mass is 35.5. The molecule has 0 unspecified atom stereocenters. The zero-order valence-corrected chi connectivity index (χ0v) is 15.1. The number of hydrogen-bond acceptors (Lipinski definition) is 8. The van der Waals surface area contributed by atoms with E-state index in [1.807, 2.05) is 0 Å². The molecule has 0 saturated carbocycles. The van der Waals surface area contributed by atoms with Crippen molar-refractivity contribution in [1.82, 2.24) is 15.3 Å². The summed E-state index contributed by atoms with van der Waals surface area (Å²) in [5.74, 6) is 0.746. The molecule has 3 rings (SSSR count). The summed E-state index contributed by atoms with van der Waals surface area (Å²) in [6.07, 6.45) is 3.89. The van der Waals surface area contributed by atoms with E-state index >= 15 is 0 Å². The van der Waals surface area contributed by atoms with Crippen molar-refractivity contribution in [3.63, 3.8) is 0 Å². The van der Waals surface area contributed by atoms with Crippen LogP contribution in [0.1, 0.15) is 19.3 Å². The summed E-state index contributed by atoms with van der Waals surface area (Å²) in [6, 6.07) is 0.185. The maximum atomic E-state index is 8.19. The van der Waals surface area contributed by atoms with Gasteiger partial charge in [0, 0.05) is 25.8 Å². The first-order chi connectivity index (χ1) is 12.1. The zero-order valence-electron chi connectivity index (χ0n) is 13.6. The van der Waals surface area contributed by atoms with Crippen LogP contribution in [0.2, 0.25) is 5.02 Å². The first-order valence-corrected chi connectivity index (χ1v) is 8.88. The van der Waals surface area contributed by atoms with E-state index in [1.165, 1.54) is 6.20 Å². The highest BCUT2D eigenvalue weighted by Gasteiger charge is 2.20. The van der Waals surface area contributed by atoms with Crippen molar-refractivity contribution in [2.24, 2.45) is 0 Å². The number of aromatic nitrogens is 2. The average Bonchev–Trinajstić information content (AvgIpc) is 2.64. The topological polar surface area (TPSA) is 104 Å². The van der Waals surface area contributed by atoms with Gasteiger partial charge in [0.15, 0.2) is 5.82 Å². The minimum absolute atomic E-state index is 0.0634. The first-order valence-electron chi connectivity index (χ1n) is 8.12. The molecule has 2 aliphatic rings. The van der Waals surface area contributed by atoms with Crippen LogP contribution in [0.5, 0.6) is 0 Å². The quantitative estimate of drug-likeness (QED) is 0.578. The molecular formula is C15H20Cl2N6O2. The van der Waals surface area contributed by atoms with Gasteiger partial charge in [-0.2, -0.15) is 4.98 Å². The van der Waals surface area contributed by atoms with Crippen LogP contribution in [0.3, 0.4) is 0 Å². The van der Waals surface area contributed by atoms with Gasteiger partial charge < -0.3 is 25.4 Å². The Morgan fingerprint density at radius 2 is 2.12 bits per heavy atom. The van der Waals surface area contributed by atoms with Gasteiger partial charge in [-0.3, -0.25) is 5.41 Å². The molecule has 1 fully saturated rings. The van der Waals surface area contributed by atoms with E-state index in [4.69, 9.17) is 38.1 Å². The lowest BCUT2D eigenvalue weighted by molar-refractivity contribution is 0.0808. The van der Waals surface area contributed by atoms with Crippen LogP contribution in [0, 0.1) is 5.41 Å². The first kappa shape index (κ1) is 18.0. The molecule has 0 radical (unpaired) electrons. The molecule has 2 bridgehead atoms. The van der Waals surface area contributed by atoms with Gasteiger partial charge in [0.05, 0.1) is 12.8 Å². The van der Waals surface area contributed by atoms with Crippen molar-refractivity contribution in [2.45, 2.75) is 25.3 Å². The normalized spacial score (nSPS) is 21.3.